The number of nitro benzene ring substituents is 1. The van der Waals surface area contributed by atoms with Gasteiger partial charge in [0.15, 0.2) is 0 Å². The predicted molar refractivity (Wildman–Crippen MR) is 126 cm³/mol. The molecule has 1 heterocycles. The first-order valence-corrected chi connectivity index (χ1v) is 10.8. The number of fused-ring (bicyclic) bond motifs is 1. The van der Waals surface area contributed by atoms with E-state index < -0.39 is 16.8 Å². The number of nitrogens with two attached hydrogens (primary N) is 1. The lowest BCUT2D eigenvalue weighted by Gasteiger charge is -2.26. The van der Waals surface area contributed by atoms with Gasteiger partial charge in [-0.25, -0.2) is 4.79 Å². The Morgan fingerprint density at radius 3 is 2.43 bits per heavy atom. The Balaban J connectivity index is 1.59. The van der Waals surface area contributed by atoms with E-state index in [0.29, 0.717) is 34.8 Å². The zero-order valence-electron chi connectivity index (χ0n) is 18.8. The molecule has 0 aromatic heterocycles. The van der Waals surface area contributed by atoms with Gasteiger partial charge < -0.3 is 19.9 Å². The Morgan fingerprint density at radius 1 is 1.11 bits per heavy atom. The molecule has 0 spiro atoms. The van der Waals surface area contributed by atoms with E-state index in [4.69, 9.17) is 19.9 Å². The molecule has 0 saturated heterocycles. The SMILES string of the molecule is CCCOc1ccc(C(=O)Oc2ccc3c(c2)OC(N)=C(C#N)C3c2ccc([N+](=O)[O-])cc2)cc1. The molecule has 0 radical (unpaired) electrons. The highest BCUT2D eigenvalue weighted by Gasteiger charge is 2.31. The molecular formula is C26H21N3O6. The molecule has 3 aromatic rings. The zero-order chi connectivity index (χ0) is 24.9. The fourth-order valence-electron chi connectivity index (χ4n) is 3.70. The predicted octanol–water partition coefficient (Wildman–Crippen LogP) is 4.82. The lowest BCUT2D eigenvalue weighted by Crippen LogP contribution is -2.21. The number of hydrogen-bond donors (Lipinski definition) is 1. The van der Waals surface area contributed by atoms with E-state index in [9.17, 15) is 20.2 Å². The first-order chi connectivity index (χ1) is 16.9. The van der Waals surface area contributed by atoms with Crippen molar-refractivity contribution in [3.8, 4) is 23.3 Å². The summed E-state index contributed by atoms with van der Waals surface area (Å²) in [6.45, 7) is 2.59. The summed E-state index contributed by atoms with van der Waals surface area (Å²) < 4.78 is 16.7. The van der Waals surface area contributed by atoms with Crippen molar-refractivity contribution in [3.63, 3.8) is 0 Å². The van der Waals surface area contributed by atoms with Crippen molar-refractivity contribution in [2.45, 2.75) is 19.3 Å². The Labute approximate surface area is 201 Å². The van der Waals surface area contributed by atoms with E-state index in [1.54, 1.807) is 48.5 Å². The number of hydrogen-bond acceptors (Lipinski definition) is 8. The first-order valence-electron chi connectivity index (χ1n) is 10.8. The van der Waals surface area contributed by atoms with Crippen LogP contribution in [0.5, 0.6) is 17.2 Å². The number of rotatable bonds is 7. The van der Waals surface area contributed by atoms with E-state index >= 15 is 0 Å². The van der Waals surface area contributed by atoms with Gasteiger partial charge in [-0.1, -0.05) is 25.1 Å². The molecule has 1 unspecified atom stereocenters. The summed E-state index contributed by atoms with van der Waals surface area (Å²) in [5, 5.41) is 20.7. The van der Waals surface area contributed by atoms with Crippen LogP contribution in [0.25, 0.3) is 0 Å². The molecule has 176 valence electrons. The highest BCUT2D eigenvalue weighted by Crippen LogP contribution is 2.43. The number of non-ortho nitro benzene ring substituents is 1. The standard InChI is InChI=1S/C26H21N3O6/c1-2-13-33-19-9-5-17(6-10-19)26(30)34-20-11-12-21-23(14-20)35-25(28)22(15-27)24(21)16-3-7-18(8-4-16)29(31)32/h3-12,14,24H,2,13,28H2,1H3. The normalized spacial score (nSPS) is 14.3. The van der Waals surface area contributed by atoms with Crippen molar-refractivity contribution < 1.29 is 23.9 Å². The van der Waals surface area contributed by atoms with Crippen LogP contribution in [0.4, 0.5) is 5.69 Å². The third-order valence-electron chi connectivity index (χ3n) is 5.40. The number of allylic oxidation sites excluding steroid dienone is 1. The molecule has 35 heavy (non-hydrogen) atoms. The van der Waals surface area contributed by atoms with Crippen LogP contribution in [-0.4, -0.2) is 17.5 Å². The van der Waals surface area contributed by atoms with Crippen molar-refractivity contribution >= 4 is 11.7 Å². The number of esters is 1. The maximum Gasteiger partial charge on any atom is 0.343 e. The number of nitriles is 1. The van der Waals surface area contributed by atoms with Gasteiger partial charge in [0.1, 0.15) is 28.9 Å². The summed E-state index contributed by atoms with van der Waals surface area (Å²) in [4.78, 5) is 23.1. The minimum absolute atomic E-state index is 0.0660. The van der Waals surface area contributed by atoms with Crippen molar-refractivity contribution in [3.05, 3.63) is 105 Å². The van der Waals surface area contributed by atoms with E-state index in [1.165, 1.54) is 18.2 Å². The fraction of sp³-hybridized carbons (Fsp3) is 0.154. The molecule has 0 saturated carbocycles. The van der Waals surface area contributed by atoms with Gasteiger partial charge in [0, 0.05) is 23.8 Å². The van der Waals surface area contributed by atoms with Gasteiger partial charge in [0.2, 0.25) is 5.88 Å². The first kappa shape index (κ1) is 23.3. The number of benzene rings is 3. The Morgan fingerprint density at radius 2 is 1.80 bits per heavy atom. The van der Waals surface area contributed by atoms with Gasteiger partial charge in [-0.2, -0.15) is 5.26 Å². The number of nitro groups is 1. The molecular weight excluding hydrogens is 450 g/mol. The average Bonchev–Trinajstić information content (AvgIpc) is 2.87. The van der Waals surface area contributed by atoms with Gasteiger partial charge in [0.05, 0.1) is 23.0 Å². The van der Waals surface area contributed by atoms with Crippen LogP contribution in [0.2, 0.25) is 0 Å². The third-order valence-corrected chi connectivity index (χ3v) is 5.40. The number of nitrogens with zero attached hydrogens (tertiary/aromatic N) is 2. The second kappa shape index (κ2) is 9.97. The van der Waals surface area contributed by atoms with Crippen molar-refractivity contribution in [1.29, 1.82) is 5.26 Å². The Bertz CT molecular complexity index is 1340. The molecule has 1 aliphatic heterocycles. The van der Waals surface area contributed by atoms with Crippen LogP contribution in [0.1, 0.15) is 40.7 Å². The quantitative estimate of drug-likeness (QED) is 0.224. The van der Waals surface area contributed by atoms with Crippen LogP contribution in [-0.2, 0) is 0 Å². The summed E-state index contributed by atoms with van der Waals surface area (Å²) in [6.07, 6.45) is 0.880. The average molecular weight is 471 g/mol. The number of carbonyl (C=O) groups is 1. The zero-order valence-corrected chi connectivity index (χ0v) is 18.8. The topological polar surface area (TPSA) is 138 Å². The highest BCUT2D eigenvalue weighted by molar-refractivity contribution is 5.91. The summed E-state index contributed by atoms with van der Waals surface area (Å²) in [5.41, 5.74) is 7.72. The molecule has 0 amide bonds. The molecule has 9 nitrogen and oxygen atoms in total. The van der Waals surface area contributed by atoms with Crippen molar-refractivity contribution in [2.24, 2.45) is 5.73 Å². The summed E-state index contributed by atoms with van der Waals surface area (Å²) in [6, 6.07) is 19.4. The Hall–Kier alpha value is -4.84. The number of ether oxygens (including phenoxy) is 3. The maximum atomic E-state index is 12.6. The van der Waals surface area contributed by atoms with Crippen molar-refractivity contribution in [2.75, 3.05) is 6.61 Å². The third kappa shape index (κ3) is 4.91. The van der Waals surface area contributed by atoms with E-state index in [2.05, 4.69) is 6.07 Å². The van der Waals surface area contributed by atoms with Gasteiger partial charge in [0.25, 0.3) is 5.69 Å². The lowest BCUT2D eigenvalue weighted by atomic mass is 9.83. The molecule has 9 heteroatoms. The van der Waals surface area contributed by atoms with Crippen LogP contribution >= 0.6 is 0 Å². The molecule has 4 rings (SSSR count). The second-order valence-corrected chi connectivity index (χ2v) is 7.74. The number of carbonyl (C=O) groups excluding carboxylic acids is 1. The molecule has 3 aromatic carbocycles. The van der Waals surface area contributed by atoms with Crippen LogP contribution < -0.4 is 19.9 Å². The summed E-state index contributed by atoms with van der Waals surface area (Å²) in [7, 11) is 0. The largest absolute Gasteiger partial charge is 0.494 e. The maximum absolute atomic E-state index is 12.6. The molecule has 1 aliphatic rings. The van der Waals surface area contributed by atoms with Gasteiger partial charge in [-0.3, -0.25) is 10.1 Å². The van der Waals surface area contributed by atoms with E-state index in [1.807, 2.05) is 6.92 Å². The fourth-order valence-corrected chi connectivity index (χ4v) is 3.70. The molecule has 0 bridgehead atoms. The van der Waals surface area contributed by atoms with Gasteiger partial charge >= 0.3 is 5.97 Å². The van der Waals surface area contributed by atoms with Crippen molar-refractivity contribution in [1.82, 2.24) is 0 Å². The second-order valence-electron chi connectivity index (χ2n) is 7.74. The van der Waals surface area contributed by atoms with E-state index in [-0.39, 0.29) is 22.9 Å². The smallest absolute Gasteiger partial charge is 0.343 e. The van der Waals surface area contributed by atoms with Gasteiger partial charge in [-0.15, -0.1) is 0 Å². The van der Waals surface area contributed by atoms with E-state index in [0.717, 1.165) is 6.42 Å². The molecule has 0 fully saturated rings. The minimum Gasteiger partial charge on any atom is -0.494 e. The molecule has 2 N–H and O–H groups in total. The monoisotopic (exact) mass is 471 g/mol. The molecule has 0 aliphatic carbocycles. The van der Waals surface area contributed by atoms with Crippen LogP contribution in [0.3, 0.4) is 0 Å². The van der Waals surface area contributed by atoms with Crippen LogP contribution in [0.15, 0.2) is 78.2 Å². The van der Waals surface area contributed by atoms with Crippen LogP contribution in [0, 0.1) is 21.4 Å². The summed E-state index contributed by atoms with van der Waals surface area (Å²) >= 11 is 0. The Kier molecular flexibility index (Phi) is 6.64. The lowest BCUT2D eigenvalue weighted by molar-refractivity contribution is -0.384. The van der Waals surface area contributed by atoms with Gasteiger partial charge in [-0.05, 0) is 42.3 Å². The molecule has 1 atom stereocenters. The highest BCUT2D eigenvalue weighted by atomic mass is 16.6. The summed E-state index contributed by atoms with van der Waals surface area (Å²) in [5.74, 6) is -0.0250. The minimum atomic E-state index is -0.593.